The van der Waals surface area contributed by atoms with Crippen LogP contribution in [-0.4, -0.2) is 18.9 Å². The highest BCUT2D eigenvalue weighted by atomic mass is 35.5. The normalized spacial score (nSPS) is 19.3. The lowest BCUT2D eigenvalue weighted by atomic mass is 9.68. The highest BCUT2D eigenvalue weighted by Crippen LogP contribution is 2.47. The van der Waals surface area contributed by atoms with E-state index in [2.05, 4.69) is 31.3 Å². The number of aryl methyl sites for hydroxylation is 2. The molecule has 184 valence electrons. The van der Waals surface area contributed by atoms with E-state index in [1.54, 1.807) is 12.1 Å². The van der Waals surface area contributed by atoms with Gasteiger partial charge in [0.1, 0.15) is 12.4 Å². The van der Waals surface area contributed by atoms with E-state index in [0.717, 1.165) is 45.8 Å². The van der Waals surface area contributed by atoms with Gasteiger partial charge in [-0.1, -0.05) is 37.6 Å². The number of rotatable bonds is 5. The van der Waals surface area contributed by atoms with Gasteiger partial charge in [0.25, 0.3) is 0 Å². The molecule has 2 aromatic rings. The van der Waals surface area contributed by atoms with E-state index >= 15 is 0 Å². The summed E-state index contributed by atoms with van der Waals surface area (Å²) in [6.07, 6.45) is 1.18. The van der Waals surface area contributed by atoms with E-state index in [-0.39, 0.29) is 11.2 Å². The zero-order chi connectivity index (χ0) is 25.5. The van der Waals surface area contributed by atoms with E-state index in [1.165, 1.54) is 7.11 Å². The molecule has 1 atom stereocenters. The molecule has 6 heteroatoms. The van der Waals surface area contributed by atoms with Gasteiger partial charge in [0, 0.05) is 34.3 Å². The lowest BCUT2D eigenvalue weighted by molar-refractivity contribution is -0.136. The van der Waals surface area contributed by atoms with Crippen molar-refractivity contribution in [1.82, 2.24) is 5.32 Å². The highest BCUT2D eigenvalue weighted by molar-refractivity contribution is 6.30. The van der Waals surface area contributed by atoms with Gasteiger partial charge in [-0.25, -0.2) is 4.79 Å². The monoisotopic (exact) mass is 493 g/mol. The van der Waals surface area contributed by atoms with Gasteiger partial charge in [0.15, 0.2) is 5.78 Å². The first kappa shape index (κ1) is 25.1. The Kier molecular flexibility index (Phi) is 6.83. The number of ether oxygens (including phenoxy) is 2. The molecular weight excluding hydrogens is 462 g/mol. The van der Waals surface area contributed by atoms with Crippen LogP contribution in [0.3, 0.4) is 0 Å². The van der Waals surface area contributed by atoms with Gasteiger partial charge in [-0.3, -0.25) is 4.79 Å². The molecule has 0 saturated carbocycles. The number of allylic oxidation sites excluding steroid dienone is 3. The minimum atomic E-state index is -0.489. The third-order valence-corrected chi connectivity index (χ3v) is 7.14. The molecule has 0 fully saturated rings. The summed E-state index contributed by atoms with van der Waals surface area (Å²) in [4.78, 5) is 26.5. The predicted molar refractivity (Wildman–Crippen MR) is 137 cm³/mol. The Hall–Kier alpha value is -3.05. The molecular formula is C29H32ClNO4. The van der Waals surface area contributed by atoms with Crippen molar-refractivity contribution in [3.63, 3.8) is 0 Å². The Morgan fingerprint density at radius 2 is 1.77 bits per heavy atom. The molecule has 0 amide bonds. The summed E-state index contributed by atoms with van der Waals surface area (Å²) in [6, 6.07) is 11.4. The zero-order valence-corrected chi connectivity index (χ0v) is 21.9. The molecule has 1 aliphatic carbocycles. The quantitative estimate of drug-likeness (QED) is 0.494. The fourth-order valence-corrected chi connectivity index (χ4v) is 5.33. The molecule has 0 unspecified atom stereocenters. The first-order chi connectivity index (χ1) is 16.5. The smallest absolute Gasteiger partial charge is 0.336 e. The van der Waals surface area contributed by atoms with Gasteiger partial charge in [-0.05, 0) is 79.1 Å². The molecule has 4 rings (SSSR count). The second-order valence-corrected chi connectivity index (χ2v) is 10.7. The fourth-order valence-electron chi connectivity index (χ4n) is 5.20. The molecule has 0 bridgehead atoms. The first-order valence-corrected chi connectivity index (χ1v) is 12.2. The van der Waals surface area contributed by atoms with E-state index < -0.39 is 11.9 Å². The van der Waals surface area contributed by atoms with Crippen LogP contribution in [0.5, 0.6) is 5.75 Å². The molecule has 0 aromatic heterocycles. The summed E-state index contributed by atoms with van der Waals surface area (Å²) >= 11 is 5.99. The number of methoxy groups -OCH3 is 1. The fraction of sp³-hybridized carbons (Fsp3) is 0.379. The van der Waals surface area contributed by atoms with Crippen LogP contribution in [0.1, 0.15) is 61.8 Å². The van der Waals surface area contributed by atoms with Gasteiger partial charge in [0.2, 0.25) is 0 Å². The maximum atomic E-state index is 13.5. The number of carbonyl (C=O) groups excluding carboxylic acids is 2. The maximum Gasteiger partial charge on any atom is 0.336 e. The van der Waals surface area contributed by atoms with Crippen molar-refractivity contribution in [2.75, 3.05) is 7.11 Å². The zero-order valence-electron chi connectivity index (χ0n) is 21.2. The number of dihydropyridines is 1. The first-order valence-electron chi connectivity index (χ1n) is 11.8. The third-order valence-electron chi connectivity index (χ3n) is 6.89. The molecule has 35 heavy (non-hydrogen) atoms. The van der Waals surface area contributed by atoms with Crippen LogP contribution >= 0.6 is 11.6 Å². The van der Waals surface area contributed by atoms with Gasteiger partial charge < -0.3 is 14.8 Å². The number of carbonyl (C=O) groups is 2. The van der Waals surface area contributed by atoms with Crippen molar-refractivity contribution in [2.45, 2.75) is 60.0 Å². The lowest BCUT2D eigenvalue weighted by Crippen LogP contribution is -2.38. The molecule has 2 aromatic carbocycles. The number of esters is 1. The van der Waals surface area contributed by atoms with Crippen molar-refractivity contribution in [2.24, 2.45) is 5.41 Å². The SMILES string of the molecule is COC(=O)C1=C(C)NC2=C(C(=O)CC(C)(C)C2)[C@H]1c1cc(COc2ccc(Cl)cc2)c(C)cc1C. The Labute approximate surface area is 212 Å². The number of hydrogen-bond donors (Lipinski definition) is 1. The van der Waals surface area contributed by atoms with Gasteiger partial charge >= 0.3 is 5.97 Å². The molecule has 0 saturated heterocycles. The number of hydrogen-bond acceptors (Lipinski definition) is 5. The number of halogens is 1. The van der Waals surface area contributed by atoms with Crippen molar-refractivity contribution in [3.8, 4) is 5.75 Å². The van der Waals surface area contributed by atoms with E-state index in [4.69, 9.17) is 21.1 Å². The summed E-state index contributed by atoms with van der Waals surface area (Å²) in [6.45, 7) is 10.5. The number of Topliss-reactive ketones (excluding diaryl/α,β-unsaturated/α-hetero) is 1. The summed E-state index contributed by atoms with van der Waals surface area (Å²) in [5.41, 5.74) is 6.66. The lowest BCUT2D eigenvalue weighted by Gasteiger charge is -2.39. The number of ketones is 1. The van der Waals surface area contributed by atoms with Crippen LogP contribution < -0.4 is 10.1 Å². The average Bonchev–Trinajstić information content (AvgIpc) is 2.77. The van der Waals surface area contributed by atoms with E-state index in [9.17, 15) is 9.59 Å². The molecule has 5 nitrogen and oxygen atoms in total. The van der Waals surface area contributed by atoms with Crippen molar-refractivity contribution in [1.29, 1.82) is 0 Å². The summed E-state index contributed by atoms with van der Waals surface area (Å²) in [7, 11) is 1.38. The molecule has 0 spiro atoms. The van der Waals surface area contributed by atoms with Crippen molar-refractivity contribution < 1.29 is 19.1 Å². The number of nitrogens with one attached hydrogen (secondary N) is 1. The highest BCUT2D eigenvalue weighted by Gasteiger charge is 2.43. The van der Waals surface area contributed by atoms with Crippen LogP contribution in [0.25, 0.3) is 0 Å². The summed E-state index contributed by atoms with van der Waals surface area (Å²) in [5.74, 6) is -0.125. The molecule has 2 aliphatic rings. The second-order valence-electron chi connectivity index (χ2n) is 10.3. The summed E-state index contributed by atoms with van der Waals surface area (Å²) in [5, 5.41) is 4.02. The second kappa shape index (κ2) is 9.54. The van der Waals surface area contributed by atoms with Crippen LogP contribution in [0.15, 0.2) is 58.9 Å². The van der Waals surface area contributed by atoms with Crippen molar-refractivity contribution in [3.05, 3.63) is 86.2 Å². The minimum absolute atomic E-state index is 0.0709. The van der Waals surface area contributed by atoms with Gasteiger partial charge in [-0.2, -0.15) is 0 Å². The standard InChI is InChI=1S/C29H32ClNO4/c1-16-11-17(2)22(12-19(16)15-35-21-9-7-20(30)8-10-21)26-25(28(33)34-6)18(3)31-23-13-29(4,5)14-24(32)27(23)26/h7-12,26,31H,13-15H2,1-6H3/t26-/m0/s1. The van der Waals surface area contributed by atoms with Crippen molar-refractivity contribution >= 4 is 23.4 Å². The molecule has 1 N–H and O–H groups in total. The molecule has 0 radical (unpaired) electrons. The third kappa shape index (κ3) is 5.01. The Balaban J connectivity index is 1.81. The van der Waals surface area contributed by atoms with Gasteiger partial charge in [-0.15, -0.1) is 0 Å². The van der Waals surface area contributed by atoms with Gasteiger partial charge in [0.05, 0.1) is 12.7 Å². The molecule has 1 heterocycles. The Bertz CT molecular complexity index is 1250. The Morgan fingerprint density at radius 1 is 1.09 bits per heavy atom. The average molecular weight is 494 g/mol. The van der Waals surface area contributed by atoms with Crippen LogP contribution in [0.2, 0.25) is 5.02 Å². The minimum Gasteiger partial charge on any atom is -0.489 e. The van der Waals surface area contributed by atoms with E-state index in [0.29, 0.717) is 29.2 Å². The molecule has 1 aliphatic heterocycles. The predicted octanol–water partition coefficient (Wildman–Crippen LogP) is 6.31. The summed E-state index contributed by atoms with van der Waals surface area (Å²) < 4.78 is 11.2. The largest absolute Gasteiger partial charge is 0.489 e. The van der Waals surface area contributed by atoms with Crippen LogP contribution in [0, 0.1) is 19.3 Å². The van der Waals surface area contributed by atoms with Crippen LogP contribution in [-0.2, 0) is 20.9 Å². The Morgan fingerprint density at radius 3 is 2.43 bits per heavy atom. The topological polar surface area (TPSA) is 64.6 Å². The van der Waals surface area contributed by atoms with Crippen LogP contribution in [0.4, 0.5) is 0 Å². The maximum absolute atomic E-state index is 13.5. The van der Waals surface area contributed by atoms with E-state index in [1.807, 2.05) is 32.9 Å². The number of benzene rings is 2.